The van der Waals surface area contributed by atoms with Crippen molar-refractivity contribution >= 4 is 23.3 Å². The molecule has 0 radical (unpaired) electrons. The lowest BCUT2D eigenvalue weighted by Gasteiger charge is -2.34. The summed E-state index contributed by atoms with van der Waals surface area (Å²) in [5.74, 6) is 0.854. The summed E-state index contributed by atoms with van der Waals surface area (Å²) >= 11 is 5.89. The number of hydrogen-bond acceptors (Lipinski definition) is 4. The van der Waals surface area contributed by atoms with Gasteiger partial charge in [-0.1, -0.05) is 30.7 Å². The summed E-state index contributed by atoms with van der Waals surface area (Å²) in [6, 6.07) is 11.6. The number of pyridine rings is 1. The van der Waals surface area contributed by atoms with E-state index in [1.165, 1.54) is 5.56 Å². The van der Waals surface area contributed by atoms with Gasteiger partial charge in [-0.15, -0.1) is 0 Å². The second-order valence-electron chi connectivity index (χ2n) is 6.46. The maximum absolute atomic E-state index is 12.6. The minimum Gasteiger partial charge on any atom is -0.370 e. The molecule has 1 fully saturated rings. The van der Waals surface area contributed by atoms with E-state index in [2.05, 4.69) is 22.1 Å². The van der Waals surface area contributed by atoms with Crippen LogP contribution in [-0.2, 0) is 6.42 Å². The van der Waals surface area contributed by atoms with Crippen LogP contribution in [0.15, 0.2) is 42.6 Å². The van der Waals surface area contributed by atoms with E-state index < -0.39 is 0 Å². The fraction of sp³-hybridized carbons (Fsp3) is 0.400. The van der Waals surface area contributed by atoms with Gasteiger partial charge in [-0.05, 0) is 42.8 Å². The molecule has 0 saturated carbocycles. The number of carbonyl (C=O) groups excluding carboxylic acids is 1. The number of nitrogens with zero attached hydrogens (tertiary/aromatic N) is 3. The van der Waals surface area contributed by atoms with Gasteiger partial charge in [-0.2, -0.15) is 0 Å². The average molecular weight is 373 g/mol. The number of carbonyl (C=O) groups is 1. The molecular weight excluding hydrogens is 348 g/mol. The SMILES string of the molecule is CCN1CCN(C(=O)c2ccc(NCCc3ccc(Cl)cc3)nc2)CC1. The van der Waals surface area contributed by atoms with Crippen molar-refractivity contribution in [3.05, 3.63) is 58.7 Å². The summed E-state index contributed by atoms with van der Waals surface area (Å²) < 4.78 is 0. The maximum Gasteiger partial charge on any atom is 0.255 e. The molecule has 1 aliphatic heterocycles. The molecule has 0 aliphatic carbocycles. The van der Waals surface area contributed by atoms with E-state index in [9.17, 15) is 4.79 Å². The second-order valence-corrected chi connectivity index (χ2v) is 6.90. The van der Waals surface area contributed by atoms with Gasteiger partial charge in [0.15, 0.2) is 0 Å². The summed E-state index contributed by atoms with van der Waals surface area (Å²) in [6.45, 7) is 7.43. The van der Waals surface area contributed by atoms with E-state index >= 15 is 0 Å². The van der Waals surface area contributed by atoms with E-state index in [0.29, 0.717) is 5.56 Å². The number of piperazine rings is 1. The number of aromatic nitrogens is 1. The zero-order valence-electron chi connectivity index (χ0n) is 15.1. The first kappa shape index (κ1) is 18.7. The van der Waals surface area contributed by atoms with Crippen LogP contribution in [0.5, 0.6) is 0 Å². The molecule has 1 saturated heterocycles. The highest BCUT2D eigenvalue weighted by Gasteiger charge is 2.21. The molecule has 26 heavy (non-hydrogen) atoms. The van der Waals surface area contributed by atoms with Gasteiger partial charge >= 0.3 is 0 Å². The van der Waals surface area contributed by atoms with Crippen LogP contribution in [0, 0.1) is 0 Å². The average Bonchev–Trinajstić information content (AvgIpc) is 2.69. The van der Waals surface area contributed by atoms with E-state index in [1.54, 1.807) is 6.20 Å². The summed E-state index contributed by atoms with van der Waals surface area (Å²) in [6.07, 6.45) is 2.56. The molecular formula is C20H25ClN4O. The molecule has 0 spiro atoms. The van der Waals surface area contributed by atoms with E-state index in [1.807, 2.05) is 41.3 Å². The molecule has 1 N–H and O–H groups in total. The largest absolute Gasteiger partial charge is 0.370 e. The van der Waals surface area contributed by atoms with Crippen LogP contribution in [0.3, 0.4) is 0 Å². The van der Waals surface area contributed by atoms with Gasteiger partial charge in [0.2, 0.25) is 0 Å². The van der Waals surface area contributed by atoms with Crippen LogP contribution >= 0.6 is 11.6 Å². The molecule has 2 aromatic rings. The van der Waals surface area contributed by atoms with Crippen LogP contribution in [-0.4, -0.2) is 60.0 Å². The highest BCUT2D eigenvalue weighted by Crippen LogP contribution is 2.12. The summed E-state index contributed by atoms with van der Waals surface area (Å²) in [4.78, 5) is 21.2. The third-order valence-corrected chi connectivity index (χ3v) is 5.00. The fourth-order valence-electron chi connectivity index (χ4n) is 3.06. The smallest absolute Gasteiger partial charge is 0.255 e. The van der Waals surface area contributed by atoms with Gasteiger partial charge in [-0.3, -0.25) is 4.79 Å². The van der Waals surface area contributed by atoms with Gasteiger partial charge in [0.1, 0.15) is 5.82 Å². The molecule has 138 valence electrons. The Hall–Kier alpha value is -2.11. The standard InChI is InChI=1S/C20H25ClN4O/c1-2-24-11-13-25(14-12-24)20(26)17-5-8-19(23-15-17)22-10-9-16-3-6-18(21)7-4-16/h3-8,15H,2,9-14H2,1H3,(H,22,23). The number of halogens is 1. The predicted octanol–water partition coefficient (Wildman–Crippen LogP) is 3.17. The molecule has 2 heterocycles. The van der Waals surface area contributed by atoms with Crippen molar-refractivity contribution in [1.82, 2.24) is 14.8 Å². The fourth-order valence-corrected chi connectivity index (χ4v) is 3.19. The predicted molar refractivity (Wildman–Crippen MR) is 106 cm³/mol. The Morgan fingerprint density at radius 2 is 1.85 bits per heavy atom. The van der Waals surface area contributed by atoms with Crippen molar-refractivity contribution in [3.8, 4) is 0 Å². The van der Waals surface area contributed by atoms with E-state index in [4.69, 9.17) is 11.6 Å². The second kappa shape index (κ2) is 9.01. The Morgan fingerprint density at radius 3 is 2.46 bits per heavy atom. The topological polar surface area (TPSA) is 48.5 Å². The van der Waals surface area contributed by atoms with Crippen molar-refractivity contribution in [1.29, 1.82) is 0 Å². The lowest BCUT2D eigenvalue weighted by atomic mass is 10.1. The van der Waals surface area contributed by atoms with Crippen molar-refractivity contribution < 1.29 is 4.79 Å². The van der Waals surface area contributed by atoms with Gasteiger partial charge in [-0.25, -0.2) is 4.98 Å². The van der Waals surface area contributed by atoms with Crippen LogP contribution in [0.2, 0.25) is 5.02 Å². The number of anilines is 1. The highest BCUT2D eigenvalue weighted by atomic mass is 35.5. The van der Waals surface area contributed by atoms with Crippen LogP contribution in [0.4, 0.5) is 5.82 Å². The quantitative estimate of drug-likeness (QED) is 0.846. The van der Waals surface area contributed by atoms with Crippen LogP contribution in [0.1, 0.15) is 22.8 Å². The Balaban J connectivity index is 1.48. The van der Waals surface area contributed by atoms with Crippen LogP contribution in [0.25, 0.3) is 0 Å². The number of rotatable bonds is 6. The molecule has 5 nitrogen and oxygen atoms in total. The lowest BCUT2D eigenvalue weighted by Crippen LogP contribution is -2.48. The Morgan fingerprint density at radius 1 is 1.12 bits per heavy atom. The third-order valence-electron chi connectivity index (χ3n) is 4.75. The number of hydrogen-bond donors (Lipinski definition) is 1. The number of likely N-dealkylation sites (N-methyl/N-ethyl adjacent to an activating group) is 1. The Kier molecular flexibility index (Phi) is 6.47. The maximum atomic E-state index is 12.6. The molecule has 0 bridgehead atoms. The molecule has 0 atom stereocenters. The van der Waals surface area contributed by atoms with Gasteiger partial charge in [0.05, 0.1) is 5.56 Å². The Labute approximate surface area is 160 Å². The summed E-state index contributed by atoms with van der Waals surface area (Å²) in [5, 5.41) is 4.04. The van der Waals surface area contributed by atoms with Crippen molar-refractivity contribution in [2.45, 2.75) is 13.3 Å². The van der Waals surface area contributed by atoms with Gasteiger partial charge in [0.25, 0.3) is 5.91 Å². The number of benzene rings is 1. The third kappa shape index (κ3) is 4.96. The summed E-state index contributed by atoms with van der Waals surface area (Å²) in [7, 11) is 0. The molecule has 3 rings (SSSR count). The minimum absolute atomic E-state index is 0.0703. The molecule has 1 amide bonds. The zero-order chi connectivity index (χ0) is 18.4. The Bertz CT molecular complexity index is 710. The highest BCUT2D eigenvalue weighted by molar-refractivity contribution is 6.30. The van der Waals surface area contributed by atoms with Crippen molar-refractivity contribution in [3.63, 3.8) is 0 Å². The molecule has 1 aromatic heterocycles. The van der Waals surface area contributed by atoms with Gasteiger partial charge < -0.3 is 15.1 Å². The lowest BCUT2D eigenvalue weighted by molar-refractivity contribution is 0.0643. The molecule has 0 unspecified atom stereocenters. The van der Waals surface area contributed by atoms with E-state index in [-0.39, 0.29) is 5.91 Å². The van der Waals surface area contributed by atoms with Crippen LogP contribution < -0.4 is 5.32 Å². The summed E-state index contributed by atoms with van der Waals surface area (Å²) in [5.41, 5.74) is 1.87. The number of nitrogens with one attached hydrogen (secondary N) is 1. The zero-order valence-corrected chi connectivity index (χ0v) is 15.9. The molecule has 1 aromatic carbocycles. The molecule has 1 aliphatic rings. The minimum atomic E-state index is 0.0703. The monoisotopic (exact) mass is 372 g/mol. The normalized spacial score (nSPS) is 15.1. The van der Waals surface area contributed by atoms with E-state index in [0.717, 1.165) is 56.5 Å². The first-order valence-electron chi connectivity index (χ1n) is 9.11. The van der Waals surface area contributed by atoms with Gasteiger partial charge in [0, 0.05) is 43.9 Å². The van der Waals surface area contributed by atoms with Crippen molar-refractivity contribution in [2.24, 2.45) is 0 Å². The number of amides is 1. The first-order chi connectivity index (χ1) is 12.7. The van der Waals surface area contributed by atoms with Crippen molar-refractivity contribution in [2.75, 3.05) is 44.6 Å². The molecule has 6 heteroatoms. The first-order valence-corrected chi connectivity index (χ1v) is 9.49.